The van der Waals surface area contributed by atoms with Crippen molar-refractivity contribution in [3.8, 4) is 0 Å². The van der Waals surface area contributed by atoms with Crippen LogP contribution in [0.2, 0.25) is 0 Å². The lowest BCUT2D eigenvalue weighted by atomic mass is 10.1. The van der Waals surface area contributed by atoms with Crippen molar-refractivity contribution in [2.24, 2.45) is 0 Å². The van der Waals surface area contributed by atoms with Crippen molar-refractivity contribution in [2.45, 2.75) is 12.7 Å². The Morgan fingerprint density at radius 2 is 1.95 bits per heavy atom. The van der Waals surface area contributed by atoms with Gasteiger partial charge in [0, 0.05) is 6.54 Å². The van der Waals surface area contributed by atoms with Gasteiger partial charge in [-0.05, 0) is 17.7 Å². The lowest BCUT2D eigenvalue weighted by Gasteiger charge is -2.09. The number of imide groups is 1. The standard InChI is InChI=1S/C11H10ClF3N2O2/c12-5-9(18)17-10(19)16-6-7-2-1-3-8(4-7)11(13,14)15/h1-4H,5-6H2,(H2,16,17,18,19). The molecule has 1 aromatic rings. The lowest BCUT2D eigenvalue weighted by Crippen LogP contribution is -2.39. The van der Waals surface area contributed by atoms with Gasteiger partial charge in [-0.3, -0.25) is 10.1 Å². The number of amides is 3. The number of nitrogens with one attached hydrogen (secondary N) is 2. The Morgan fingerprint density at radius 3 is 2.53 bits per heavy atom. The van der Waals surface area contributed by atoms with Crippen molar-refractivity contribution in [3.63, 3.8) is 0 Å². The predicted octanol–water partition coefficient (Wildman–Crippen LogP) is 2.27. The summed E-state index contributed by atoms with van der Waals surface area (Å²) in [6.45, 7) is -0.134. The van der Waals surface area contributed by atoms with E-state index in [1.807, 2.05) is 5.32 Å². The lowest BCUT2D eigenvalue weighted by molar-refractivity contribution is -0.137. The van der Waals surface area contributed by atoms with Crippen molar-refractivity contribution >= 4 is 23.5 Å². The first kappa shape index (κ1) is 15.3. The molecule has 1 rings (SSSR count). The summed E-state index contributed by atoms with van der Waals surface area (Å²) >= 11 is 5.17. The van der Waals surface area contributed by atoms with Gasteiger partial charge in [-0.1, -0.05) is 12.1 Å². The second kappa shape index (κ2) is 6.42. The summed E-state index contributed by atoms with van der Waals surface area (Å²) in [5.74, 6) is -1.07. The molecule has 3 amide bonds. The van der Waals surface area contributed by atoms with E-state index in [-0.39, 0.29) is 18.0 Å². The van der Waals surface area contributed by atoms with E-state index in [9.17, 15) is 22.8 Å². The molecule has 1 aromatic carbocycles. The van der Waals surface area contributed by atoms with Gasteiger partial charge < -0.3 is 5.32 Å². The molecule has 0 bridgehead atoms. The van der Waals surface area contributed by atoms with E-state index in [2.05, 4.69) is 5.32 Å². The number of hydrogen-bond donors (Lipinski definition) is 2. The highest BCUT2D eigenvalue weighted by atomic mass is 35.5. The molecule has 0 aliphatic rings. The monoisotopic (exact) mass is 294 g/mol. The van der Waals surface area contributed by atoms with Gasteiger partial charge >= 0.3 is 12.2 Å². The first-order valence-corrected chi connectivity index (χ1v) is 5.66. The second-order valence-corrected chi connectivity index (χ2v) is 3.83. The van der Waals surface area contributed by atoms with Gasteiger partial charge in [-0.2, -0.15) is 13.2 Å². The molecule has 0 spiro atoms. The fourth-order valence-electron chi connectivity index (χ4n) is 1.24. The van der Waals surface area contributed by atoms with Crippen LogP contribution in [0, 0.1) is 0 Å². The molecule has 0 atom stereocenters. The Balaban J connectivity index is 2.59. The zero-order valence-electron chi connectivity index (χ0n) is 9.55. The molecular formula is C11H10ClF3N2O2. The second-order valence-electron chi connectivity index (χ2n) is 3.56. The number of alkyl halides is 4. The van der Waals surface area contributed by atoms with Gasteiger partial charge in [-0.15, -0.1) is 11.6 Å². The molecule has 2 N–H and O–H groups in total. The minimum atomic E-state index is -4.44. The Hall–Kier alpha value is -1.76. The Morgan fingerprint density at radius 1 is 1.26 bits per heavy atom. The van der Waals surface area contributed by atoms with Crippen LogP contribution in [-0.2, 0) is 17.5 Å². The SMILES string of the molecule is O=C(CCl)NC(=O)NCc1cccc(C(F)(F)F)c1. The van der Waals surface area contributed by atoms with Gasteiger partial charge in [0.2, 0.25) is 5.91 Å². The topological polar surface area (TPSA) is 58.2 Å². The maximum absolute atomic E-state index is 12.4. The third-order valence-electron chi connectivity index (χ3n) is 2.08. The number of carbonyl (C=O) groups is 2. The Bertz CT molecular complexity index is 477. The summed E-state index contributed by atoms with van der Waals surface area (Å²) in [6, 6.07) is 3.70. The molecule has 19 heavy (non-hydrogen) atoms. The van der Waals surface area contributed by atoms with Crippen LogP contribution >= 0.6 is 11.6 Å². The molecule has 0 fully saturated rings. The maximum Gasteiger partial charge on any atom is 0.416 e. The van der Waals surface area contributed by atoms with Crippen LogP contribution in [0.1, 0.15) is 11.1 Å². The van der Waals surface area contributed by atoms with Gasteiger partial charge in [0.25, 0.3) is 0 Å². The van der Waals surface area contributed by atoms with Crippen LogP contribution in [0.5, 0.6) is 0 Å². The van der Waals surface area contributed by atoms with E-state index in [0.717, 1.165) is 12.1 Å². The number of benzene rings is 1. The molecule has 8 heteroatoms. The highest BCUT2D eigenvalue weighted by Gasteiger charge is 2.30. The number of carbonyl (C=O) groups excluding carboxylic acids is 2. The number of rotatable bonds is 3. The van der Waals surface area contributed by atoms with Crippen LogP contribution in [0.25, 0.3) is 0 Å². The number of halogens is 4. The van der Waals surface area contributed by atoms with Crippen molar-refractivity contribution in [1.82, 2.24) is 10.6 Å². The third kappa shape index (κ3) is 5.17. The van der Waals surface area contributed by atoms with Crippen molar-refractivity contribution in [1.29, 1.82) is 0 Å². The smallest absolute Gasteiger partial charge is 0.334 e. The maximum atomic E-state index is 12.4. The Kier molecular flexibility index (Phi) is 5.17. The minimum absolute atomic E-state index is 0.134. The largest absolute Gasteiger partial charge is 0.416 e. The normalized spacial score (nSPS) is 10.9. The van der Waals surface area contributed by atoms with E-state index < -0.39 is 23.7 Å². The predicted molar refractivity (Wildman–Crippen MR) is 62.5 cm³/mol. The summed E-state index contributed by atoms with van der Waals surface area (Å²) in [5.41, 5.74) is -0.535. The van der Waals surface area contributed by atoms with Gasteiger partial charge in [0.05, 0.1) is 5.56 Å². The number of hydrogen-bond acceptors (Lipinski definition) is 2. The zero-order valence-corrected chi connectivity index (χ0v) is 10.3. The molecule has 0 aliphatic heterocycles. The first-order chi connectivity index (χ1) is 8.82. The molecule has 0 radical (unpaired) electrons. The Labute approximate surface area is 111 Å². The van der Waals surface area contributed by atoms with Crippen molar-refractivity contribution in [3.05, 3.63) is 35.4 Å². The molecule has 4 nitrogen and oxygen atoms in total. The zero-order chi connectivity index (χ0) is 14.5. The number of urea groups is 1. The molecule has 104 valence electrons. The van der Waals surface area contributed by atoms with Crippen LogP contribution in [0.3, 0.4) is 0 Å². The van der Waals surface area contributed by atoms with E-state index in [1.165, 1.54) is 12.1 Å². The average molecular weight is 295 g/mol. The van der Waals surface area contributed by atoms with E-state index in [1.54, 1.807) is 0 Å². The summed E-state index contributed by atoms with van der Waals surface area (Å²) < 4.78 is 37.3. The van der Waals surface area contributed by atoms with Crippen molar-refractivity contribution in [2.75, 3.05) is 5.88 Å². The van der Waals surface area contributed by atoms with Gasteiger partial charge in [0.15, 0.2) is 0 Å². The summed E-state index contributed by atoms with van der Waals surface area (Å²) in [6.07, 6.45) is -4.44. The fourth-order valence-corrected chi connectivity index (χ4v) is 1.31. The van der Waals surface area contributed by atoms with E-state index in [4.69, 9.17) is 11.6 Å². The molecule has 0 saturated carbocycles. The van der Waals surface area contributed by atoms with Crippen LogP contribution in [-0.4, -0.2) is 17.8 Å². The third-order valence-corrected chi connectivity index (χ3v) is 2.32. The molecule has 0 aromatic heterocycles. The van der Waals surface area contributed by atoms with Crippen molar-refractivity contribution < 1.29 is 22.8 Å². The highest BCUT2D eigenvalue weighted by molar-refractivity contribution is 6.28. The quantitative estimate of drug-likeness (QED) is 0.840. The average Bonchev–Trinajstić information content (AvgIpc) is 2.35. The molecule has 0 saturated heterocycles. The van der Waals surface area contributed by atoms with Crippen LogP contribution in [0.15, 0.2) is 24.3 Å². The van der Waals surface area contributed by atoms with Crippen LogP contribution in [0.4, 0.5) is 18.0 Å². The first-order valence-electron chi connectivity index (χ1n) is 5.12. The molecule has 0 unspecified atom stereocenters. The highest BCUT2D eigenvalue weighted by Crippen LogP contribution is 2.29. The van der Waals surface area contributed by atoms with Gasteiger partial charge in [0.1, 0.15) is 5.88 Å². The fraction of sp³-hybridized carbons (Fsp3) is 0.273. The molecule has 0 aliphatic carbocycles. The summed E-state index contributed by atoms with van der Waals surface area (Å²) in [4.78, 5) is 21.9. The summed E-state index contributed by atoms with van der Waals surface area (Å²) in [7, 11) is 0. The van der Waals surface area contributed by atoms with E-state index in [0.29, 0.717) is 0 Å². The van der Waals surface area contributed by atoms with Crippen LogP contribution < -0.4 is 10.6 Å². The minimum Gasteiger partial charge on any atom is -0.334 e. The van der Waals surface area contributed by atoms with E-state index >= 15 is 0 Å². The van der Waals surface area contributed by atoms with Gasteiger partial charge in [-0.25, -0.2) is 4.79 Å². The molecular weight excluding hydrogens is 285 g/mol. The molecule has 0 heterocycles. The summed E-state index contributed by atoms with van der Waals surface area (Å²) in [5, 5.41) is 4.15.